The van der Waals surface area contributed by atoms with Gasteiger partial charge in [-0.25, -0.2) is 13.9 Å². The smallest absolute Gasteiger partial charge is 0.407 e. The fraction of sp³-hybridized carbons (Fsp3) is 0.500. The van der Waals surface area contributed by atoms with Crippen molar-refractivity contribution in [1.29, 1.82) is 0 Å². The summed E-state index contributed by atoms with van der Waals surface area (Å²) in [5, 5.41) is 8.79. The van der Waals surface area contributed by atoms with Crippen LogP contribution in [0.3, 0.4) is 0 Å². The molecule has 0 aromatic heterocycles. The summed E-state index contributed by atoms with van der Waals surface area (Å²) in [6.45, 7) is 2.24. The van der Waals surface area contributed by atoms with Crippen molar-refractivity contribution in [2.75, 3.05) is 6.61 Å². The molecular weight excluding hydrogens is 215 g/mol. The van der Waals surface area contributed by atoms with Gasteiger partial charge >= 0.3 is 20.3 Å². The van der Waals surface area contributed by atoms with E-state index in [1.165, 1.54) is 6.92 Å². The maximum absolute atomic E-state index is 10.8. The van der Waals surface area contributed by atoms with Crippen LogP contribution in [0.5, 0.6) is 0 Å². The molecule has 0 amide bonds. The van der Waals surface area contributed by atoms with Crippen molar-refractivity contribution in [3.05, 3.63) is 12.7 Å². The molecular formula is C6H11O7P. The lowest BCUT2D eigenvalue weighted by atomic mass is 10.7. The standard InChI is InChI=1S/C6H11O7P/c1-3-5(7)12-6(8)13-14(9,10)11-4-2/h3,6,8H,1,4H2,2H3,(H,9,10). The maximum atomic E-state index is 10.8. The van der Waals surface area contributed by atoms with Crippen molar-refractivity contribution in [3.63, 3.8) is 0 Å². The second-order valence-electron chi connectivity index (χ2n) is 1.94. The number of aliphatic hydroxyl groups excluding tert-OH is 1. The number of aliphatic hydroxyl groups is 1. The molecule has 0 aliphatic heterocycles. The van der Waals surface area contributed by atoms with Gasteiger partial charge in [0.1, 0.15) is 0 Å². The molecule has 2 atom stereocenters. The number of phosphoric acid groups is 1. The zero-order chi connectivity index (χ0) is 11.2. The number of carbonyl (C=O) groups excluding carboxylic acids is 1. The van der Waals surface area contributed by atoms with Crippen LogP contribution in [0.15, 0.2) is 12.7 Å². The third-order valence-corrected chi connectivity index (χ3v) is 1.93. The number of carbonyl (C=O) groups is 1. The SMILES string of the molecule is C=CC(=O)OC(O)OP(=O)(O)OCC. The fourth-order valence-corrected chi connectivity index (χ4v) is 1.13. The van der Waals surface area contributed by atoms with Crippen molar-refractivity contribution in [2.24, 2.45) is 0 Å². The van der Waals surface area contributed by atoms with Gasteiger partial charge < -0.3 is 14.7 Å². The van der Waals surface area contributed by atoms with E-state index in [1.807, 2.05) is 0 Å². The second kappa shape index (κ2) is 5.90. The quantitative estimate of drug-likeness (QED) is 0.287. The summed E-state index contributed by atoms with van der Waals surface area (Å²) in [7, 11) is -4.38. The Morgan fingerprint density at radius 2 is 2.29 bits per heavy atom. The molecule has 0 aliphatic carbocycles. The van der Waals surface area contributed by atoms with Gasteiger partial charge in [0, 0.05) is 6.08 Å². The Balaban J connectivity index is 4.04. The van der Waals surface area contributed by atoms with E-state index < -0.39 is 20.3 Å². The summed E-state index contributed by atoms with van der Waals surface area (Å²) in [4.78, 5) is 19.3. The van der Waals surface area contributed by atoms with Crippen LogP contribution in [0.1, 0.15) is 6.92 Å². The van der Waals surface area contributed by atoms with Crippen LogP contribution in [0, 0.1) is 0 Å². The number of esters is 1. The Morgan fingerprint density at radius 1 is 1.71 bits per heavy atom. The molecule has 8 heteroatoms. The summed E-state index contributed by atoms with van der Waals surface area (Å²) >= 11 is 0. The first-order valence-corrected chi connectivity index (χ1v) is 5.07. The summed E-state index contributed by atoms with van der Waals surface area (Å²) in [6.07, 6.45) is 0.759. The van der Waals surface area contributed by atoms with Crippen molar-refractivity contribution in [3.8, 4) is 0 Å². The molecule has 0 spiro atoms. The Hall–Kier alpha value is -0.720. The van der Waals surface area contributed by atoms with Gasteiger partial charge in [0.05, 0.1) is 6.61 Å². The van der Waals surface area contributed by atoms with Crippen molar-refractivity contribution >= 4 is 13.8 Å². The minimum Gasteiger partial charge on any atom is -0.407 e. The van der Waals surface area contributed by atoms with E-state index in [4.69, 9.17) is 10.00 Å². The molecule has 0 bridgehead atoms. The van der Waals surface area contributed by atoms with Crippen LogP contribution in [0.2, 0.25) is 0 Å². The van der Waals surface area contributed by atoms with Crippen molar-refractivity contribution < 1.29 is 33.1 Å². The number of hydrogen-bond donors (Lipinski definition) is 2. The first kappa shape index (κ1) is 13.3. The predicted octanol–water partition coefficient (Wildman–Crippen LogP) is 0.145. The molecule has 14 heavy (non-hydrogen) atoms. The molecule has 82 valence electrons. The lowest BCUT2D eigenvalue weighted by Crippen LogP contribution is -2.18. The molecule has 0 rings (SSSR count). The zero-order valence-corrected chi connectivity index (χ0v) is 8.35. The number of rotatable bonds is 6. The van der Waals surface area contributed by atoms with E-state index in [2.05, 4.69) is 20.4 Å². The topological polar surface area (TPSA) is 102 Å². The molecule has 0 aromatic carbocycles. The van der Waals surface area contributed by atoms with Gasteiger partial charge in [0.25, 0.3) is 0 Å². The summed E-state index contributed by atoms with van der Waals surface area (Å²) < 4.78 is 23.1. The highest BCUT2D eigenvalue weighted by atomic mass is 31.2. The molecule has 0 heterocycles. The molecule has 2 unspecified atom stereocenters. The lowest BCUT2D eigenvalue weighted by Gasteiger charge is -2.14. The van der Waals surface area contributed by atoms with Crippen molar-refractivity contribution in [2.45, 2.75) is 13.4 Å². The van der Waals surface area contributed by atoms with Gasteiger partial charge in [-0.15, -0.1) is 0 Å². The zero-order valence-electron chi connectivity index (χ0n) is 7.45. The van der Waals surface area contributed by atoms with Gasteiger partial charge in [-0.3, -0.25) is 4.52 Å². The molecule has 7 nitrogen and oxygen atoms in total. The first-order valence-electron chi connectivity index (χ1n) is 3.58. The third kappa shape index (κ3) is 5.85. The average molecular weight is 226 g/mol. The Morgan fingerprint density at radius 3 is 2.71 bits per heavy atom. The van der Waals surface area contributed by atoms with E-state index >= 15 is 0 Å². The average Bonchev–Trinajstić information content (AvgIpc) is 2.02. The molecule has 0 radical (unpaired) electrons. The van der Waals surface area contributed by atoms with Gasteiger partial charge in [-0.2, -0.15) is 0 Å². The number of phosphoric ester groups is 1. The number of hydrogen-bond acceptors (Lipinski definition) is 6. The Kier molecular flexibility index (Phi) is 5.59. The van der Waals surface area contributed by atoms with E-state index in [1.54, 1.807) is 0 Å². The minimum atomic E-state index is -4.38. The summed E-state index contributed by atoms with van der Waals surface area (Å²) in [6, 6.07) is 0. The van der Waals surface area contributed by atoms with Crippen LogP contribution >= 0.6 is 7.82 Å². The lowest BCUT2D eigenvalue weighted by molar-refractivity contribution is -0.218. The molecule has 0 aliphatic rings. The molecule has 0 saturated heterocycles. The highest BCUT2D eigenvalue weighted by molar-refractivity contribution is 7.47. The van der Waals surface area contributed by atoms with E-state index in [9.17, 15) is 9.36 Å². The second-order valence-corrected chi connectivity index (χ2v) is 3.35. The summed E-state index contributed by atoms with van der Waals surface area (Å²) in [5.41, 5.74) is 0. The van der Waals surface area contributed by atoms with Crippen LogP contribution in [-0.4, -0.2) is 29.1 Å². The summed E-state index contributed by atoms with van der Waals surface area (Å²) in [5.74, 6) is -0.992. The number of ether oxygens (including phenoxy) is 1. The predicted molar refractivity (Wildman–Crippen MR) is 44.8 cm³/mol. The molecule has 0 aromatic rings. The largest absolute Gasteiger partial charge is 0.477 e. The van der Waals surface area contributed by atoms with Gasteiger partial charge in [-0.1, -0.05) is 6.58 Å². The highest BCUT2D eigenvalue weighted by Crippen LogP contribution is 2.43. The molecule has 0 saturated carbocycles. The normalized spacial score (nSPS) is 16.8. The van der Waals surface area contributed by atoms with E-state index in [0.717, 1.165) is 6.08 Å². The monoisotopic (exact) mass is 226 g/mol. The van der Waals surface area contributed by atoms with Gasteiger partial charge in [0.15, 0.2) is 0 Å². The maximum Gasteiger partial charge on any atom is 0.477 e. The highest BCUT2D eigenvalue weighted by Gasteiger charge is 2.26. The molecule has 0 fully saturated rings. The van der Waals surface area contributed by atoms with Crippen LogP contribution in [0.4, 0.5) is 0 Å². The van der Waals surface area contributed by atoms with Crippen LogP contribution < -0.4 is 0 Å². The van der Waals surface area contributed by atoms with E-state index in [0.29, 0.717) is 0 Å². The van der Waals surface area contributed by atoms with Gasteiger partial charge in [0.2, 0.25) is 0 Å². The Labute approximate surface area is 80.5 Å². The third-order valence-electron chi connectivity index (χ3n) is 0.899. The van der Waals surface area contributed by atoms with Crippen molar-refractivity contribution in [1.82, 2.24) is 0 Å². The van der Waals surface area contributed by atoms with Crippen LogP contribution in [-0.2, 0) is 23.1 Å². The minimum absolute atomic E-state index is 0.0874. The van der Waals surface area contributed by atoms with Crippen LogP contribution in [0.25, 0.3) is 0 Å². The van der Waals surface area contributed by atoms with E-state index in [-0.39, 0.29) is 6.61 Å². The molecule has 2 N–H and O–H groups in total. The van der Waals surface area contributed by atoms with Gasteiger partial charge in [-0.05, 0) is 6.92 Å². The first-order chi connectivity index (χ1) is 6.41. The fourth-order valence-electron chi connectivity index (χ4n) is 0.477. The Bertz CT molecular complexity index is 251.